The second kappa shape index (κ2) is 7.36. The number of carbonyl (C=O) groups excluding carboxylic acids is 1. The van der Waals surface area contributed by atoms with Crippen LogP contribution in [0.15, 0.2) is 35.3 Å². The van der Waals surface area contributed by atoms with Crippen LogP contribution >= 0.6 is 0 Å². The highest BCUT2D eigenvalue weighted by atomic mass is 16.2. The number of amides is 1. The highest BCUT2D eigenvalue weighted by molar-refractivity contribution is 6.06. The monoisotopic (exact) mass is 379 g/mol. The summed E-state index contributed by atoms with van der Waals surface area (Å²) in [6.45, 7) is 3.16. The van der Waals surface area contributed by atoms with Crippen molar-refractivity contribution in [2.45, 2.75) is 57.0 Å². The Morgan fingerprint density at radius 2 is 1.79 bits per heavy atom. The number of rotatable bonds is 4. The molecule has 2 unspecified atom stereocenters. The van der Waals surface area contributed by atoms with E-state index in [9.17, 15) is 9.59 Å². The van der Waals surface area contributed by atoms with E-state index in [1.54, 1.807) is 10.8 Å². The first-order valence-electron chi connectivity index (χ1n) is 10.9. The first-order chi connectivity index (χ1) is 13.7. The second-order valence-corrected chi connectivity index (χ2v) is 8.74. The van der Waals surface area contributed by atoms with Gasteiger partial charge in [-0.1, -0.05) is 24.6 Å². The maximum Gasteiger partial charge on any atom is 0.258 e. The van der Waals surface area contributed by atoms with Gasteiger partial charge in [0.25, 0.3) is 11.5 Å². The average Bonchev–Trinajstić information content (AvgIpc) is 3.58. The van der Waals surface area contributed by atoms with E-state index >= 15 is 0 Å². The molecule has 2 aliphatic heterocycles. The van der Waals surface area contributed by atoms with Gasteiger partial charge in [-0.05, 0) is 63.6 Å². The predicted molar refractivity (Wildman–Crippen MR) is 111 cm³/mol. The molecule has 5 rings (SSSR count). The van der Waals surface area contributed by atoms with Crippen LogP contribution in [-0.4, -0.2) is 41.1 Å². The van der Waals surface area contributed by atoms with E-state index in [4.69, 9.17) is 0 Å². The van der Waals surface area contributed by atoms with Crippen LogP contribution in [0.2, 0.25) is 0 Å². The molecule has 1 aromatic carbocycles. The lowest BCUT2D eigenvalue weighted by atomic mass is 9.83. The average molecular weight is 380 g/mol. The van der Waals surface area contributed by atoms with Crippen LogP contribution in [0.4, 0.5) is 0 Å². The summed E-state index contributed by atoms with van der Waals surface area (Å²) in [5, 5.41) is 4.64. The number of hydrogen-bond acceptors (Lipinski definition) is 3. The van der Waals surface area contributed by atoms with E-state index in [-0.39, 0.29) is 17.5 Å². The zero-order valence-corrected chi connectivity index (χ0v) is 16.4. The lowest BCUT2D eigenvalue weighted by Crippen LogP contribution is -2.51. The van der Waals surface area contributed by atoms with Gasteiger partial charge >= 0.3 is 0 Å². The van der Waals surface area contributed by atoms with E-state index in [0.717, 1.165) is 24.8 Å². The third kappa shape index (κ3) is 3.26. The fraction of sp³-hybridized carbons (Fsp3) is 0.565. The maximum atomic E-state index is 13.1. The van der Waals surface area contributed by atoms with Crippen LogP contribution < -0.4 is 10.9 Å². The molecule has 0 spiro atoms. The third-order valence-electron chi connectivity index (χ3n) is 6.89. The minimum atomic E-state index is -0.0430. The highest BCUT2D eigenvalue weighted by Crippen LogP contribution is 2.34. The Morgan fingerprint density at radius 3 is 2.61 bits per heavy atom. The normalized spacial score (nSPS) is 25.4. The van der Waals surface area contributed by atoms with Crippen LogP contribution in [0.25, 0.3) is 10.8 Å². The van der Waals surface area contributed by atoms with Crippen molar-refractivity contribution in [3.63, 3.8) is 0 Å². The Labute approximate surface area is 165 Å². The van der Waals surface area contributed by atoms with E-state index in [1.165, 1.54) is 45.2 Å². The molecule has 1 saturated carbocycles. The minimum absolute atomic E-state index is 0.0276. The molecule has 5 nitrogen and oxygen atoms in total. The van der Waals surface area contributed by atoms with Crippen LogP contribution in [0.5, 0.6) is 0 Å². The van der Waals surface area contributed by atoms with Crippen molar-refractivity contribution in [3.8, 4) is 0 Å². The van der Waals surface area contributed by atoms with Crippen molar-refractivity contribution in [2.24, 2.45) is 5.92 Å². The largest absolute Gasteiger partial charge is 0.352 e. The number of pyridine rings is 1. The smallest absolute Gasteiger partial charge is 0.258 e. The lowest BCUT2D eigenvalue weighted by Gasteiger charge is -2.44. The van der Waals surface area contributed by atoms with Gasteiger partial charge in [0.05, 0.1) is 5.56 Å². The maximum absolute atomic E-state index is 13.1. The molecule has 1 aromatic heterocycles. The second-order valence-electron chi connectivity index (χ2n) is 8.74. The van der Waals surface area contributed by atoms with Crippen molar-refractivity contribution in [3.05, 3.63) is 46.4 Å². The number of benzene rings is 1. The van der Waals surface area contributed by atoms with E-state index in [0.29, 0.717) is 22.9 Å². The Bertz CT molecular complexity index is 945. The van der Waals surface area contributed by atoms with Crippen molar-refractivity contribution in [2.75, 3.05) is 19.6 Å². The molecule has 2 atom stereocenters. The van der Waals surface area contributed by atoms with E-state index in [1.807, 2.05) is 24.3 Å². The van der Waals surface area contributed by atoms with Crippen molar-refractivity contribution >= 4 is 16.7 Å². The Hall–Kier alpha value is -2.14. The zero-order chi connectivity index (χ0) is 19.1. The molecule has 1 aliphatic carbocycles. The summed E-state index contributed by atoms with van der Waals surface area (Å²) in [6, 6.07) is 8.40. The van der Waals surface area contributed by atoms with Crippen molar-refractivity contribution in [1.82, 2.24) is 14.8 Å². The van der Waals surface area contributed by atoms with Crippen molar-refractivity contribution in [1.29, 1.82) is 0 Å². The molecule has 1 N–H and O–H groups in total. The predicted octanol–water partition coefficient (Wildman–Crippen LogP) is 3.33. The fourth-order valence-electron chi connectivity index (χ4n) is 5.25. The van der Waals surface area contributed by atoms with Gasteiger partial charge in [0.1, 0.15) is 0 Å². The van der Waals surface area contributed by atoms with Crippen LogP contribution in [0.1, 0.15) is 61.3 Å². The molecule has 1 amide bonds. The summed E-state index contributed by atoms with van der Waals surface area (Å²) < 4.78 is 1.78. The third-order valence-corrected chi connectivity index (χ3v) is 6.89. The molecule has 28 heavy (non-hydrogen) atoms. The van der Waals surface area contributed by atoms with Crippen molar-refractivity contribution < 1.29 is 4.79 Å². The molecule has 0 radical (unpaired) electrons. The molecule has 3 aliphatic rings. The summed E-state index contributed by atoms with van der Waals surface area (Å²) in [4.78, 5) is 28.5. The summed E-state index contributed by atoms with van der Waals surface area (Å²) >= 11 is 0. The number of carbonyl (C=O) groups is 1. The Kier molecular flexibility index (Phi) is 4.71. The number of hydrogen-bond donors (Lipinski definition) is 1. The molecule has 5 heteroatoms. The number of nitrogens with one attached hydrogen (secondary N) is 1. The summed E-state index contributed by atoms with van der Waals surface area (Å²) in [7, 11) is 0. The minimum Gasteiger partial charge on any atom is -0.352 e. The SMILES string of the molecule is O=C(NCC1CCCN2CCCCC12)c1cn(C2CC2)c(=O)c2ccccc12. The van der Waals surface area contributed by atoms with Gasteiger partial charge in [0.2, 0.25) is 0 Å². The molecule has 148 valence electrons. The fourth-order valence-corrected chi connectivity index (χ4v) is 5.25. The lowest BCUT2D eigenvalue weighted by molar-refractivity contribution is 0.0576. The summed E-state index contributed by atoms with van der Waals surface area (Å²) in [6.07, 6.45) is 10.2. The van der Waals surface area contributed by atoms with Gasteiger partial charge in [0, 0.05) is 35.6 Å². The first kappa shape index (κ1) is 17.9. The number of fused-ring (bicyclic) bond motifs is 2. The number of piperidine rings is 2. The topological polar surface area (TPSA) is 54.3 Å². The van der Waals surface area contributed by atoms with Gasteiger partial charge in [-0.2, -0.15) is 0 Å². The Balaban J connectivity index is 1.39. The molecule has 0 bridgehead atoms. The van der Waals surface area contributed by atoms with Crippen LogP contribution in [-0.2, 0) is 0 Å². The standard InChI is InChI=1S/C23H29N3O2/c27-22(24-14-16-6-5-13-25-12-4-3-9-21(16)25)20-15-26(17-10-11-17)23(28)19-8-2-1-7-18(19)20/h1-2,7-8,15-17,21H,3-6,9-14H2,(H,24,27). The van der Waals surface area contributed by atoms with Gasteiger partial charge in [-0.15, -0.1) is 0 Å². The molecule has 2 aromatic rings. The van der Waals surface area contributed by atoms with Crippen LogP contribution in [0.3, 0.4) is 0 Å². The summed E-state index contributed by atoms with van der Waals surface area (Å²) in [5.41, 5.74) is 0.665. The quantitative estimate of drug-likeness (QED) is 0.887. The summed E-state index contributed by atoms with van der Waals surface area (Å²) in [5.74, 6) is 0.497. The van der Waals surface area contributed by atoms with Crippen LogP contribution in [0, 0.1) is 5.92 Å². The van der Waals surface area contributed by atoms with E-state index < -0.39 is 0 Å². The molecular formula is C23H29N3O2. The number of nitrogens with zero attached hydrogens (tertiary/aromatic N) is 2. The van der Waals surface area contributed by atoms with Gasteiger partial charge in [-0.3, -0.25) is 9.59 Å². The van der Waals surface area contributed by atoms with Gasteiger partial charge < -0.3 is 14.8 Å². The first-order valence-corrected chi connectivity index (χ1v) is 10.9. The molecular weight excluding hydrogens is 350 g/mol. The zero-order valence-electron chi connectivity index (χ0n) is 16.4. The molecule has 3 fully saturated rings. The highest BCUT2D eigenvalue weighted by Gasteiger charge is 2.33. The number of aromatic nitrogens is 1. The molecule has 3 heterocycles. The molecule has 2 saturated heterocycles. The van der Waals surface area contributed by atoms with Gasteiger partial charge in [0.15, 0.2) is 0 Å². The van der Waals surface area contributed by atoms with Gasteiger partial charge in [-0.25, -0.2) is 0 Å². The van der Waals surface area contributed by atoms with E-state index in [2.05, 4.69) is 10.2 Å². The Morgan fingerprint density at radius 1 is 1.00 bits per heavy atom.